The maximum Gasteiger partial charge on any atom is 0.225 e. The Morgan fingerprint density at radius 2 is 2.57 bits per heavy atom. The molecular weight excluding hydrogens is 112 g/mol. The van der Waals surface area contributed by atoms with Gasteiger partial charge in [0, 0.05) is 18.6 Å². The van der Waals surface area contributed by atoms with Crippen LogP contribution in [0.1, 0.15) is 0 Å². The average Bonchev–Trinajstić information content (AvgIpc) is 2.14. The van der Waals surface area contributed by atoms with Crippen molar-refractivity contribution in [3.05, 3.63) is 0 Å². The van der Waals surface area contributed by atoms with Gasteiger partial charge >= 0.3 is 0 Å². The standard InChI is InChI=1S/C2H4N4S/c1-3-2-4-5-6-7-2/h1H3,(H,3,4,6). The number of nitrogens with one attached hydrogen (secondary N) is 1. The molecular formula is C2H4N4S. The van der Waals surface area contributed by atoms with E-state index in [1.54, 1.807) is 7.05 Å². The summed E-state index contributed by atoms with van der Waals surface area (Å²) in [5, 5.41) is 10.5. The summed E-state index contributed by atoms with van der Waals surface area (Å²) in [5.41, 5.74) is 0. The summed E-state index contributed by atoms with van der Waals surface area (Å²) >= 11 is 1.24. The van der Waals surface area contributed by atoms with Crippen LogP contribution in [0.15, 0.2) is 0 Å². The fraction of sp³-hybridized carbons (Fsp3) is 0.500. The lowest BCUT2D eigenvalue weighted by Gasteiger charge is -1.80. The highest BCUT2D eigenvalue weighted by Crippen LogP contribution is 2.00. The Bertz CT molecular complexity index is 124. The molecule has 1 rings (SSSR count). The molecule has 0 bridgehead atoms. The lowest BCUT2D eigenvalue weighted by Crippen LogP contribution is -1.84. The van der Waals surface area contributed by atoms with E-state index in [2.05, 4.69) is 20.1 Å². The third-order valence-corrected chi connectivity index (χ3v) is 1.13. The average molecular weight is 116 g/mol. The smallest absolute Gasteiger partial charge is 0.225 e. The zero-order chi connectivity index (χ0) is 5.11. The second kappa shape index (κ2) is 1.83. The molecule has 0 aliphatic carbocycles. The summed E-state index contributed by atoms with van der Waals surface area (Å²) in [5.74, 6) is 0. The van der Waals surface area contributed by atoms with Gasteiger partial charge in [0.05, 0.1) is 0 Å². The molecule has 0 saturated heterocycles. The maximum atomic E-state index is 3.58. The Labute approximate surface area is 44.7 Å². The van der Waals surface area contributed by atoms with Crippen LogP contribution in [0.4, 0.5) is 5.13 Å². The van der Waals surface area contributed by atoms with E-state index in [1.807, 2.05) is 0 Å². The van der Waals surface area contributed by atoms with Gasteiger partial charge in [0.25, 0.3) is 0 Å². The van der Waals surface area contributed by atoms with Crippen molar-refractivity contribution in [2.45, 2.75) is 0 Å². The van der Waals surface area contributed by atoms with Gasteiger partial charge in [-0.3, -0.25) is 0 Å². The molecule has 0 saturated carbocycles. The van der Waals surface area contributed by atoms with Crippen molar-refractivity contribution in [1.82, 2.24) is 14.8 Å². The van der Waals surface area contributed by atoms with Crippen LogP contribution >= 0.6 is 11.5 Å². The van der Waals surface area contributed by atoms with Gasteiger partial charge in [-0.15, -0.1) is 0 Å². The van der Waals surface area contributed by atoms with Gasteiger partial charge in [-0.1, -0.05) is 9.59 Å². The van der Waals surface area contributed by atoms with Gasteiger partial charge in [0.2, 0.25) is 5.13 Å². The first-order chi connectivity index (χ1) is 3.43. The fourth-order valence-electron chi connectivity index (χ4n) is 0.230. The molecule has 0 aliphatic heterocycles. The minimum atomic E-state index is 0.750. The Kier molecular flexibility index (Phi) is 1.16. The van der Waals surface area contributed by atoms with Crippen LogP contribution in [-0.4, -0.2) is 21.8 Å². The van der Waals surface area contributed by atoms with Crippen LogP contribution < -0.4 is 5.32 Å². The molecule has 0 atom stereocenters. The highest BCUT2D eigenvalue weighted by Gasteiger charge is 1.86. The minimum absolute atomic E-state index is 0.750. The van der Waals surface area contributed by atoms with Crippen LogP contribution in [0, 0.1) is 0 Å². The Balaban J connectivity index is 2.76. The van der Waals surface area contributed by atoms with Gasteiger partial charge in [-0.25, -0.2) is 0 Å². The number of nitrogens with zero attached hydrogens (tertiary/aromatic N) is 3. The molecule has 38 valence electrons. The Hall–Kier alpha value is -0.710. The number of hydrogen-bond donors (Lipinski definition) is 1. The molecule has 1 heterocycles. The van der Waals surface area contributed by atoms with Crippen molar-refractivity contribution in [1.29, 1.82) is 0 Å². The maximum absolute atomic E-state index is 3.58. The van der Waals surface area contributed by atoms with Gasteiger partial charge in [0.1, 0.15) is 0 Å². The van der Waals surface area contributed by atoms with E-state index in [1.165, 1.54) is 11.5 Å². The predicted octanol–water partition coefficient (Wildman–Crippen LogP) is -0.0252. The van der Waals surface area contributed by atoms with Crippen LogP contribution in [0.2, 0.25) is 0 Å². The second-order valence-corrected chi connectivity index (χ2v) is 1.65. The molecule has 4 nitrogen and oxygen atoms in total. The first-order valence-corrected chi connectivity index (χ1v) is 2.53. The van der Waals surface area contributed by atoms with Crippen molar-refractivity contribution in [3.63, 3.8) is 0 Å². The molecule has 1 aromatic heterocycles. The lowest BCUT2D eigenvalue weighted by atomic mass is 11.1. The largest absolute Gasteiger partial charge is 0.362 e. The molecule has 0 spiro atoms. The summed E-state index contributed by atoms with van der Waals surface area (Å²) < 4.78 is 3.51. The molecule has 0 aliphatic rings. The number of anilines is 1. The molecule has 1 aromatic rings. The fourth-order valence-corrected chi connectivity index (χ4v) is 0.544. The van der Waals surface area contributed by atoms with Gasteiger partial charge in [0.15, 0.2) is 0 Å². The monoisotopic (exact) mass is 116 g/mol. The summed E-state index contributed by atoms with van der Waals surface area (Å²) in [7, 11) is 1.78. The topological polar surface area (TPSA) is 50.7 Å². The summed E-state index contributed by atoms with van der Waals surface area (Å²) in [6.45, 7) is 0. The highest BCUT2D eigenvalue weighted by molar-refractivity contribution is 7.09. The number of hydrogen-bond acceptors (Lipinski definition) is 5. The first-order valence-electron chi connectivity index (χ1n) is 1.76. The van der Waals surface area contributed by atoms with Crippen molar-refractivity contribution < 1.29 is 0 Å². The molecule has 0 fully saturated rings. The molecule has 0 amide bonds. The molecule has 0 unspecified atom stereocenters. The van der Waals surface area contributed by atoms with E-state index < -0.39 is 0 Å². The number of aromatic nitrogens is 3. The van der Waals surface area contributed by atoms with E-state index in [0.29, 0.717) is 0 Å². The predicted molar refractivity (Wildman–Crippen MR) is 27.3 cm³/mol. The molecule has 7 heavy (non-hydrogen) atoms. The molecule has 0 radical (unpaired) electrons. The number of rotatable bonds is 1. The third-order valence-electron chi connectivity index (χ3n) is 0.513. The zero-order valence-corrected chi connectivity index (χ0v) is 4.57. The van der Waals surface area contributed by atoms with Crippen molar-refractivity contribution in [2.75, 3.05) is 12.4 Å². The van der Waals surface area contributed by atoms with Crippen molar-refractivity contribution >= 4 is 16.7 Å². The molecule has 1 N–H and O–H groups in total. The van der Waals surface area contributed by atoms with Crippen molar-refractivity contribution in [3.8, 4) is 0 Å². The van der Waals surface area contributed by atoms with Crippen LogP contribution in [-0.2, 0) is 0 Å². The van der Waals surface area contributed by atoms with E-state index in [4.69, 9.17) is 0 Å². The highest BCUT2D eigenvalue weighted by atomic mass is 32.1. The molecule has 0 aromatic carbocycles. The van der Waals surface area contributed by atoms with Gasteiger partial charge in [-0.2, -0.15) is 0 Å². The quantitative estimate of drug-likeness (QED) is 0.560. The van der Waals surface area contributed by atoms with E-state index in [0.717, 1.165) is 5.13 Å². The molecule has 5 heteroatoms. The van der Waals surface area contributed by atoms with E-state index in [9.17, 15) is 0 Å². The SMILES string of the molecule is CNc1nnns1. The lowest BCUT2D eigenvalue weighted by molar-refractivity contribution is 0.959. The Morgan fingerprint density at radius 3 is 2.86 bits per heavy atom. The Morgan fingerprint density at radius 1 is 1.71 bits per heavy atom. The first kappa shape index (κ1) is 4.45. The zero-order valence-electron chi connectivity index (χ0n) is 3.75. The summed E-state index contributed by atoms with van der Waals surface area (Å²) in [6.07, 6.45) is 0. The normalized spacial score (nSPS) is 8.71. The second-order valence-electron chi connectivity index (χ2n) is 0.918. The third kappa shape index (κ3) is 0.833. The van der Waals surface area contributed by atoms with Gasteiger partial charge < -0.3 is 5.32 Å². The van der Waals surface area contributed by atoms with Crippen LogP contribution in [0.25, 0.3) is 0 Å². The van der Waals surface area contributed by atoms with E-state index >= 15 is 0 Å². The summed E-state index contributed by atoms with van der Waals surface area (Å²) in [6, 6.07) is 0. The van der Waals surface area contributed by atoms with Crippen LogP contribution in [0.3, 0.4) is 0 Å². The van der Waals surface area contributed by atoms with Crippen molar-refractivity contribution in [2.24, 2.45) is 0 Å². The van der Waals surface area contributed by atoms with E-state index in [-0.39, 0.29) is 0 Å². The summed E-state index contributed by atoms with van der Waals surface area (Å²) in [4.78, 5) is 0. The van der Waals surface area contributed by atoms with Gasteiger partial charge in [-0.05, 0) is 5.21 Å². The minimum Gasteiger partial charge on any atom is -0.362 e. The van der Waals surface area contributed by atoms with Crippen LogP contribution in [0.5, 0.6) is 0 Å².